The number of tetrazole rings is 1. The van der Waals surface area contributed by atoms with E-state index < -0.39 is 0 Å². The second kappa shape index (κ2) is 6.62. The molecule has 1 aromatic carbocycles. The fraction of sp³-hybridized carbons (Fsp3) is 0.467. The summed E-state index contributed by atoms with van der Waals surface area (Å²) < 4.78 is 15.9. The predicted octanol–water partition coefficient (Wildman–Crippen LogP) is 1.70. The van der Waals surface area contributed by atoms with E-state index in [2.05, 4.69) is 15.5 Å². The number of aromatic nitrogens is 4. The number of carbonyl (C=O) groups is 1. The Morgan fingerprint density at radius 2 is 2.35 bits per heavy atom. The maximum atomic E-state index is 14.1. The van der Waals surface area contributed by atoms with Gasteiger partial charge < -0.3 is 4.90 Å². The number of alkyl halides is 1. The number of fused-ring (bicyclic) bond motifs is 1. The number of halogens is 2. The fourth-order valence-electron chi connectivity index (χ4n) is 2.93. The summed E-state index contributed by atoms with van der Waals surface area (Å²) in [5.41, 5.74) is 1.34. The maximum absolute atomic E-state index is 14.1. The van der Waals surface area contributed by atoms with Gasteiger partial charge in [-0.2, -0.15) is 0 Å². The van der Waals surface area contributed by atoms with E-state index in [0.29, 0.717) is 24.9 Å². The molecule has 0 N–H and O–H groups in total. The Morgan fingerprint density at radius 1 is 1.52 bits per heavy atom. The lowest BCUT2D eigenvalue weighted by Gasteiger charge is -2.34. The van der Waals surface area contributed by atoms with Gasteiger partial charge in [-0.25, -0.2) is 9.07 Å². The Labute approximate surface area is 138 Å². The molecule has 1 amide bonds. The van der Waals surface area contributed by atoms with Crippen LogP contribution in [0.1, 0.15) is 23.4 Å². The van der Waals surface area contributed by atoms with E-state index in [1.165, 1.54) is 6.07 Å². The third-order valence-electron chi connectivity index (χ3n) is 4.26. The van der Waals surface area contributed by atoms with Crippen LogP contribution in [0.3, 0.4) is 0 Å². The molecule has 0 radical (unpaired) electrons. The highest BCUT2D eigenvalue weighted by atomic mass is 35.5. The quantitative estimate of drug-likeness (QED) is 0.797. The van der Waals surface area contributed by atoms with Crippen LogP contribution in [-0.4, -0.2) is 42.9 Å². The lowest BCUT2D eigenvalue weighted by atomic mass is 10.0. The summed E-state index contributed by atoms with van der Waals surface area (Å²) in [6.07, 6.45) is 1.26. The van der Waals surface area contributed by atoms with E-state index in [1.54, 1.807) is 15.6 Å². The van der Waals surface area contributed by atoms with E-state index in [0.717, 1.165) is 11.4 Å². The standard InChI is InChI=1S/C15H17ClFN5O/c1-10-3-2-4-13(17)12(10)9-21(15(23)8-16)11-5-6-22-14(7-11)18-19-20-22/h2-4,11H,5-9H2,1H3. The molecule has 1 aliphatic rings. The van der Waals surface area contributed by atoms with Gasteiger partial charge in [-0.05, 0) is 35.4 Å². The number of rotatable bonds is 4. The van der Waals surface area contributed by atoms with E-state index in [4.69, 9.17) is 11.6 Å². The summed E-state index contributed by atoms with van der Waals surface area (Å²) in [7, 11) is 0. The normalized spacial score (nSPS) is 16.9. The van der Waals surface area contributed by atoms with Crippen molar-refractivity contribution in [1.29, 1.82) is 0 Å². The molecule has 1 aromatic heterocycles. The van der Waals surface area contributed by atoms with Gasteiger partial charge in [-0.15, -0.1) is 16.7 Å². The Hall–Kier alpha value is -2.02. The summed E-state index contributed by atoms with van der Waals surface area (Å²) in [4.78, 5) is 14.0. The van der Waals surface area contributed by atoms with Gasteiger partial charge >= 0.3 is 0 Å². The topological polar surface area (TPSA) is 63.9 Å². The van der Waals surface area contributed by atoms with Gasteiger partial charge in [0.2, 0.25) is 5.91 Å². The predicted molar refractivity (Wildman–Crippen MR) is 82.3 cm³/mol. The second-order valence-corrected chi connectivity index (χ2v) is 5.92. The van der Waals surface area contributed by atoms with Crippen LogP contribution in [0.15, 0.2) is 18.2 Å². The highest BCUT2D eigenvalue weighted by molar-refractivity contribution is 6.27. The molecule has 8 heteroatoms. The van der Waals surface area contributed by atoms with E-state index >= 15 is 0 Å². The highest BCUT2D eigenvalue weighted by Crippen LogP contribution is 2.22. The van der Waals surface area contributed by atoms with Crippen LogP contribution < -0.4 is 0 Å². The van der Waals surface area contributed by atoms with Crippen molar-refractivity contribution < 1.29 is 9.18 Å². The Bertz CT molecular complexity index is 699. The molecule has 0 saturated carbocycles. The van der Waals surface area contributed by atoms with Crippen molar-refractivity contribution >= 4 is 17.5 Å². The van der Waals surface area contributed by atoms with Crippen LogP contribution >= 0.6 is 11.6 Å². The smallest absolute Gasteiger partial charge is 0.238 e. The van der Waals surface area contributed by atoms with Crippen LogP contribution in [0, 0.1) is 12.7 Å². The number of amides is 1. The first kappa shape index (κ1) is 15.9. The first-order valence-corrected chi connectivity index (χ1v) is 7.98. The lowest BCUT2D eigenvalue weighted by molar-refractivity contribution is -0.132. The number of hydrogen-bond acceptors (Lipinski definition) is 4. The summed E-state index contributed by atoms with van der Waals surface area (Å²) >= 11 is 5.76. The molecular weight excluding hydrogens is 321 g/mol. The molecule has 1 atom stereocenters. The van der Waals surface area contributed by atoms with E-state index in [-0.39, 0.29) is 30.2 Å². The fourth-order valence-corrected chi connectivity index (χ4v) is 3.08. The molecule has 0 spiro atoms. The van der Waals surface area contributed by atoms with Gasteiger partial charge in [0.15, 0.2) is 5.82 Å². The molecule has 3 rings (SSSR count). The maximum Gasteiger partial charge on any atom is 0.238 e. The van der Waals surface area contributed by atoms with Crippen LogP contribution in [0.2, 0.25) is 0 Å². The Morgan fingerprint density at radius 3 is 3.09 bits per heavy atom. The number of benzene rings is 1. The monoisotopic (exact) mass is 337 g/mol. The first-order valence-electron chi connectivity index (χ1n) is 7.44. The van der Waals surface area contributed by atoms with Gasteiger partial charge in [-0.1, -0.05) is 12.1 Å². The minimum atomic E-state index is -0.307. The molecule has 1 aliphatic heterocycles. The average molecular weight is 338 g/mol. The number of nitrogens with zero attached hydrogens (tertiary/aromatic N) is 5. The summed E-state index contributed by atoms with van der Waals surface area (Å²) in [6, 6.07) is 4.83. The van der Waals surface area contributed by atoms with Crippen LogP contribution in [0.5, 0.6) is 0 Å². The third kappa shape index (κ3) is 3.19. The highest BCUT2D eigenvalue weighted by Gasteiger charge is 2.30. The molecule has 6 nitrogen and oxygen atoms in total. The molecule has 23 heavy (non-hydrogen) atoms. The van der Waals surface area contributed by atoms with E-state index in [9.17, 15) is 9.18 Å². The molecule has 0 aliphatic carbocycles. The third-order valence-corrected chi connectivity index (χ3v) is 4.48. The molecule has 2 heterocycles. The zero-order chi connectivity index (χ0) is 16.4. The molecule has 0 saturated heterocycles. The van der Waals surface area contributed by atoms with Crippen molar-refractivity contribution in [2.45, 2.75) is 38.9 Å². The zero-order valence-corrected chi connectivity index (χ0v) is 13.5. The van der Waals surface area contributed by atoms with Crippen LogP contribution in [0.4, 0.5) is 4.39 Å². The van der Waals surface area contributed by atoms with Crippen molar-refractivity contribution in [2.75, 3.05) is 5.88 Å². The summed E-state index contributed by atoms with van der Waals surface area (Å²) in [6.45, 7) is 2.68. The van der Waals surface area contributed by atoms with Crippen molar-refractivity contribution in [3.8, 4) is 0 Å². The Kier molecular flexibility index (Phi) is 4.56. The minimum Gasteiger partial charge on any atom is -0.334 e. The number of hydrogen-bond donors (Lipinski definition) is 0. The summed E-state index contributed by atoms with van der Waals surface area (Å²) in [5, 5.41) is 11.5. The zero-order valence-electron chi connectivity index (χ0n) is 12.7. The van der Waals surface area contributed by atoms with Gasteiger partial charge in [0.25, 0.3) is 0 Å². The van der Waals surface area contributed by atoms with Crippen molar-refractivity contribution in [3.63, 3.8) is 0 Å². The Balaban J connectivity index is 1.86. The molecule has 2 aromatic rings. The number of aryl methyl sites for hydroxylation is 2. The second-order valence-electron chi connectivity index (χ2n) is 5.66. The minimum absolute atomic E-state index is 0.0845. The van der Waals surface area contributed by atoms with Crippen LogP contribution in [0.25, 0.3) is 0 Å². The van der Waals surface area contributed by atoms with Gasteiger partial charge in [0.1, 0.15) is 11.7 Å². The molecule has 0 fully saturated rings. The first-order chi connectivity index (χ1) is 11.1. The summed E-state index contributed by atoms with van der Waals surface area (Å²) in [5.74, 6) is 0.0896. The SMILES string of the molecule is Cc1cccc(F)c1CN(C(=O)CCl)C1CCn2nnnc2C1. The molecule has 122 valence electrons. The van der Waals surface area contributed by atoms with Crippen molar-refractivity contribution in [2.24, 2.45) is 0 Å². The average Bonchev–Trinajstić information content (AvgIpc) is 3.01. The van der Waals surface area contributed by atoms with Crippen molar-refractivity contribution in [3.05, 3.63) is 41.0 Å². The molecule has 0 bridgehead atoms. The number of carbonyl (C=O) groups excluding carboxylic acids is 1. The van der Waals surface area contributed by atoms with Gasteiger partial charge in [0.05, 0.1) is 0 Å². The molecule has 1 unspecified atom stereocenters. The van der Waals surface area contributed by atoms with Gasteiger partial charge in [-0.3, -0.25) is 4.79 Å². The molecular formula is C15H17ClFN5O. The largest absolute Gasteiger partial charge is 0.334 e. The van der Waals surface area contributed by atoms with Crippen LogP contribution in [-0.2, 0) is 24.3 Å². The lowest BCUT2D eigenvalue weighted by Crippen LogP contribution is -2.45. The van der Waals surface area contributed by atoms with Gasteiger partial charge in [0, 0.05) is 31.1 Å². The van der Waals surface area contributed by atoms with E-state index in [1.807, 2.05) is 13.0 Å². The van der Waals surface area contributed by atoms with Crippen molar-refractivity contribution in [1.82, 2.24) is 25.1 Å².